The average molecular weight is 413 g/mol. The van der Waals surface area contributed by atoms with Crippen LogP contribution >= 0.6 is 12.4 Å². The van der Waals surface area contributed by atoms with E-state index in [9.17, 15) is 14.7 Å². The molecule has 8 heteroatoms. The summed E-state index contributed by atoms with van der Waals surface area (Å²) in [5.41, 5.74) is 0.242. The number of likely N-dealkylation sites (tertiary alicyclic amines) is 1. The van der Waals surface area contributed by atoms with E-state index < -0.39 is 11.4 Å². The Morgan fingerprint density at radius 3 is 2.64 bits per heavy atom. The molecule has 3 rings (SSSR count). The number of hydrogen-bond acceptors (Lipinski definition) is 5. The number of halogens is 1. The number of ether oxygens (including phenoxy) is 2. The molecule has 1 unspecified atom stereocenters. The van der Waals surface area contributed by atoms with Crippen molar-refractivity contribution >= 4 is 24.3 Å². The minimum Gasteiger partial charge on any atom is -0.493 e. The van der Waals surface area contributed by atoms with Crippen LogP contribution in [0, 0.1) is 11.3 Å². The molecule has 1 aliphatic heterocycles. The van der Waals surface area contributed by atoms with Gasteiger partial charge in [0.1, 0.15) is 0 Å². The van der Waals surface area contributed by atoms with E-state index in [1.165, 1.54) is 0 Å². The molecule has 2 N–H and O–H groups in total. The highest BCUT2D eigenvalue weighted by atomic mass is 35.5. The van der Waals surface area contributed by atoms with Crippen LogP contribution in [0.2, 0.25) is 0 Å². The fourth-order valence-electron chi connectivity index (χ4n) is 4.47. The standard InChI is InChI=1S/C20H28N2O5.ClH/c1-13(22-11-15-5-4-8-20(15,12-22)19(24)25)18(23)21-10-14-6-7-16(26-2)17(9-14)27-3;/h6-7,9,13,15H,4-5,8,10-12H2,1-3H3,(H,21,23)(H,24,25);1H/t13?,15-,20+;/m0./s1. The Morgan fingerprint density at radius 2 is 2.04 bits per heavy atom. The van der Waals surface area contributed by atoms with Crippen molar-refractivity contribution in [2.24, 2.45) is 11.3 Å². The predicted molar refractivity (Wildman–Crippen MR) is 107 cm³/mol. The summed E-state index contributed by atoms with van der Waals surface area (Å²) in [6.45, 7) is 3.36. The Labute approximate surface area is 171 Å². The summed E-state index contributed by atoms with van der Waals surface area (Å²) in [5, 5.41) is 12.7. The summed E-state index contributed by atoms with van der Waals surface area (Å²) >= 11 is 0. The van der Waals surface area contributed by atoms with Gasteiger partial charge in [0.2, 0.25) is 5.91 Å². The number of aliphatic carboxylic acids is 1. The van der Waals surface area contributed by atoms with Crippen LogP contribution in [0.5, 0.6) is 11.5 Å². The Kier molecular flexibility index (Phi) is 7.17. The average Bonchev–Trinajstić information content (AvgIpc) is 3.23. The number of carboxylic acids is 1. The first-order chi connectivity index (χ1) is 12.9. The number of nitrogens with one attached hydrogen (secondary N) is 1. The summed E-state index contributed by atoms with van der Waals surface area (Å²) in [6, 6.07) is 5.17. The fraction of sp³-hybridized carbons (Fsp3) is 0.600. The molecule has 28 heavy (non-hydrogen) atoms. The SMILES string of the molecule is COc1ccc(CNC(=O)C(C)N2C[C@@H]3CCC[C@@]3(C(=O)O)C2)cc1OC.Cl. The van der Waals surface area contributed by atoms with Crippen molar-refractivity contribution in [3.63, 3.8) is 0 Å². The number of carbonyl (C=O) groups excluding carboxylic acids is 1. The second-order valence-corrected chi connectivity index (χ2v) is 7.56. The first-order valence-electron chi connectivity index (χ1n) is 9.37. The number of rotatable bonds is 7. The second-order valence-electron chi connectivity index (χ2n) is 7.56. The highest BCUT2D eigenvalue weighted by Gasteiger charge is 2.55. The monoisotopic (exact) mass is 412 g/mol. The van der Waals surface area contributed by atoms with E-state index in [2.05, 4.69) is 5.32 Å². The summed E-state index contributed by atoms with van der Waals surface area (Å²) in [5.74, 6) is 0.600. The molecule has 0 bridgehead atoms. The zero-order valence-corrected chi connectivity index (χ0v) is 17.4. The van der Waals surface area contributed by atoms with Gasteiger partial charge < -0.3 is 19.9 Å². The molecule has 1 aromatic carbocycles. The van der Waals surface area contributed by atoms with E-state index in [1.54, 1.807) is 14.2 Å². The lowest BCUT2D eigenvalue weighted by molar-refractivity contribution is -0.149. The number of methoxy groups -OCH3 is 2. The van der Waals surface area contributed by atoms with Crippen LogP contribution in [0.3, 0.4) is 0 Å². The smallest absolute Gasteiger partial charge is 0.311 e. The lowest BCUT2D eigenvalue weighted by Crippen LogP contribution is -2.45. The van der Waals surface area contributed by atoms with Crippen LogP contribution in [0.1, 0.15) is 31.7 Å². The van der Waals surface area contributed by atoms with Crippen molar-refractivity contribution in [1.82, 2.24) is 10.2 Å². The molecule has 7 nitrogen and oxygen atoms in total. The highest BCUT2D eigenvalue weighted by Crippen LogP contribution is 2.49. The van der Waals surface area contributed by atoms with E-state index in [4.69, 9.17) is 9.47 Å². The highest BCUT2D eigenvalue weighted by molar-refractivity contribution is 5.85. The Morgan fingerprint density at radius 1 is 1.32 bits per heavy atom. The predicted octanol–water partition coefficient (Wildman–Crippen LogP) is 2.32. The van der Waals surface area contributed by atoms with Crippen molar-refractivity contribution in [3.8, 4) is 11.5 Å². The minimum absolute atomic E-state index is 0. The van der Waals surface area contributed by atoms with Gasteiger partial charge in [-0.15, -0.1) is 12.4 Å². The van der Waals surface area contributed by atoms with Gasteiger partial charge >= 0.3 is 5.97 Å². The molecular weight excluding hydrogens is 384 g/mol. The van der Waals surface area contributed by atoms with Crippen LogP contribution in [-0.4, -0.2) is 55.2 Å². The summed E-state index contributed by atoms with van der Waals surface area (Å²) < 4.78 is 10.5. The van der Waals surface area contributed by atoms with Crippen LogP contribution in [0.25, 0.3) is 0 Å². The zero-order chi connectivity index (χ0) is 19.6. The lowest BCUT2D eigenvalue weighted by atomic mass is 9.81. The topological polar surface area (TPSA) is 88.1 Å². The van der Waals surface area contributed by atoms with Gasteiger partial charge in [0, 0.05) is 19.6 Å². The minimum atomic E-state index is -0.717. The molecule has 3 atom stereocenters. The number of amides is 1. The molecule has 0 radical (unpaired) electrons. The Hall–Kier alpha value is -1.99. The Balaban J connectivity index is 0.00000280. The molecule has 1 aromatic rings. The van der Waals surface area contributed by atoms with Gasteiger partial charge in [-0.2, -0.15) is 0 Å². The maximum atomic E-state index is 12.6. The molecule has 156 valence electrons. The third kappa shape index (κ3) is 4.05. The van der Waals surface area contributed by atoms with Gasteiger partial charge in [-0.05, 0) is 43.4 Å². The van der Waals surface area contributed by atoms with Crippen LogP contribution < -0.4 is 14.8 Å². The van der Waals surface area contributed by atoms with Crippen molar-refractivity contribution < 1.29 is 24.2 Å². The van der Waals surface area contributed by atoms with E-state index >= 15 is 0 Å². The summed E-state index contributed by atoms with van der Waals surface area (Å²) in [7, 11) is 3.15. The first kappa shape index (κ1) is 22.3. The van der Waals surface area contributed by atoms with Crippen LogP contribution in [0.4, 0.5) is 0 Å². The third-order valence-corrected chi connectivity index (χ3v) is 6.16. The molecule has 0 spiro atoms. The first-order valence-corrected chi connectivity index (χ1v) is 9.37. The van der Waals surface area contributed by atoms with Crippen LogP contribution in [0.15, 0.2) is 18.2 Å². The third-order valence-electron chi connectivity index (χ3n) is 6.16. The van der Waals surface area contributed by atoms with E-state index in [1.807, 2.05) is 30.0 Å². The molecule has 1 saturated heterocycles. The van der Waals surface area contributed by atoms with E-state index in [0.717, 1.165) is 18.4 Å². The Bertz CT molecular complexity index is 729. The van der Waals surface area contributed by atoms with Gasteiger partial charge in [-0.25, -0.2) is 0 Å². The van der Waals surface area contributed by atoms with Crippen molar-refractivity contribution in [1.29, 1.82) is 0 Å². The molecule has 1 heterocycles. The number of fused-ring (bicyclic) bond motifs is 1. The largest absolute Gasteiger partial charge is 0.493 e. The fourth-order valence-corrected chi connectivity index (χ4v) is 4.47. The number of carboxylic acid groups (broad SMARTS) is 1. The molecular formula is C20H29ClN2O5. The molecule has 1 aliphatic carbocycles. The van der Waals surface area contributed by atoms with E-state index in [0.29, 0.717) is 37.6 Å². The van der Waals surface area contributed by atoms with Crippen LogP contribution in [-0.2, 0) is 16.1 Å². The molecule has 2 fully saturated rings. The zero-order valence-electron chi connectivity index (χ0n) is 16.6. The summed E-state index contributed by atoms with van der Waals surface area (Å²) in [4.78, 5) is 26.5. The number of hydrogen-bond donors (Lipinski definition) is 2. The molecule has 1 amide bonds. The maximum Gasteiger partial charge on any atom is 0.311 e. The normalized spacial score (nSPS) is 24.8. The molecule has 2 aliphatic rings. The second kappa shape index (κ2) is 9.01. The van der Waals surface area contributed by atoms with Crippen molar-refractivity contribution in [2.45, 2.75) is 38.8 Å². The van der Waals surface area contributed by atoms with Gasteiger partial charge in [0.15, 0.2) is 11.5 Å². The van der Waals surface area contributed by atoms with Gasteiger partial charge in [0.05, 0.1) is 25.7 Å². The number of nitrogens with zero attached hydrogens (tertiary/aromatic N) is 1. The summed E-state index contributed by atoms with van der Waals surface area (Å²) in [6.07, 6.45) is 2.61. The quantitative estimate of drug-likeness (QED) is 0.714. The van der Waals surface area contributed by atoms with Gasteiger partial charge in [0.25, 0.3) is 0 Å². The molecule has 0 aromatic heterocycles. The van der Waals surface area contributed by atoms with Gasteiger partial charge in [-0.3, -0.25) is 14.5 Å². The van der Waals surface area contributed by atoms with E-state index in [-0.39, 0.29) is 30.3 Å². The lowest BCUT2D eigenvalue weighted by Gasteiger charge is -2.26. The number of benzene rings is 1. The van der Waals surface area contributed by atoms with Crippen molar-refractivity contribution in [3.05, 3.63) is 23.8 Å². The molecule has 1 saturated carbocycles. The maximum absolute atomic E-state index is 12.6. The van der Waals surface area contributed by atoms with Crippen molar-refractivity contribution in [2.75, 3.05) is 27.3 Å². The number of carbonyl (C=O) groups is 2. The van der Waals surface area contributed by atoms with Gasteiger partial charge in [-0.1, -0.05) is 12.5 Å².